The lowest BCUT2D eigenvalue weighted by molar-refractivity contribution is 0.376. The Morgan fingerprint density at radius 2 is 2.22 bits per heavy atom. The van der Waals surface area contributed by atoms with Crippen LogP contribution in [0, 0.1) is 6.92 Å². The summed E-state index contributed by atoms with van der Waals surface area (Å²) in [6.07, 6.45) is 1.23. The first-order valence-corrected chi connectivity index (χ1v) is 6.69. The molecule has 0 bridgehead atoms. The Balaban J connectivity index is 2.06. The van der Waals surface area contributed by atoms with Gasteiger partial charge in [-0.2, -0.15) is 0 Å². The molecule has 18 heavy (non-hydrogen) atoms. The van der Waals surface area contributed by atoms with Crippen LogP contribution in [-0.2, 0) is 0 Å². The molecule has 1 aliphatic heterocycles. The maximum absolute atomic E-state index is 5.48. The lowest BCUT2D eigenvalue weighted by Gasteiger charge is -2.22. The van der Waals surface area contributed by atoms with Gasteiger partial charge in [-0.05, 0) is 45.5 Å². The summed E-state index contributed by atoms with van der Waals surface area (Å²) in [5.74, 6) is 0.987. The first kappa shape index (κ1) is 13.4. The van der Waals surface area contributed by atoms with Crippen molar-refractivity contribution >= 4 is 0 Å². The third-order valence-corrected chi connectivity index (χ3v) is 3.73. The number of nitrogens with zero attached hydrogens (tertiary/aromatic N) is 1. The molecule has 0 aliphatic carbocycles. The maximum Gasteiger partial charge on any atom is 0.123 e. The summed E-state index contributed by atoms with van der Waals surface area (Å²) in [6.45, 7) is 6.63. The van der Waals surface area contributed by atoms with Crippen molar-refractivity contribution in [3.05, 3.63) is 29.3 Å². The van der Waals surface area contributed by atoms with Crippen LogP contribution in [0.15, 0.2) is 18.2 Å². The average molecular weight is 248 g/mol. The van der Waals surface area contributed by atoms with Crippen molar-refractivity contribution < 1.29 is 4.74 Å². The summed E-state index contributed by atoms with van der Waals surface area (Å²) < 4.78 is 5.48. The molecular formula is C15H24N2O. The molecule has 2 atom stereocenters. The Kier molecular flexibility index (Phi) is 4.25. The second kappa shape index (κ2) is 5.72. The first-order valence-electron chi connectivity index (χ1n) is 6.69. The van der Waals surface area contributed by atoms with Gasteiger partial charge in [-0.3, -0.25) is 0 Å². The fraction of sp³-hybridized carbons (Fsp3) is 0.600. The molecule has 0 saturated carbocycles. The van der Waals surface area contributed by atoms with Crippen LogP contribution in [0.4, 0.5) is 0 Å². The molecule has 3 nitrogen and oxygen atoms in total. The van der Waals surface area contributed by atoms with Crippen molar-refractivity contribution in [2.24, 2.45) is 0 Å². The highest BCUT2D eigenvalue weighted by Crippen LogP contribution is 2.27. The van der Waals surface area contributed by atoms with Gasteiger partial charge in [0.15, 0.2) is 0 Å². The molecule has 0 aromatic heterocycles. The van der Waals surface area contributed by atoms with Gasteiger partial charge in [0.25, 0.3) is 0 Å². The number of methoxy groups -OCH3 is 1. The fourth-order valence-corrected chi connectivity index (χ4v) is 2.69. The highest BCUT2D eigenvalue weighted by Gasteiger charge is 2.22. The van der Waals surface area contributed by atoms with Gasteiger partial charge in [-0.15, -0.1) is 0 Å². The molecule has 0 spiro atoms. The zero-order valence-corrected chi connectivity index (χ0v) is 11.9. The minimum absolute atomic E-state index is 0.331. The number of likely N-dealkylation sites (N-methyl/N-ethyl adjacent to an activating group) is 1. The Hall–Kier alpha value is -1.06. The third-order valence-electron chi connectivity index (χ3n) is 3.73. The smallest absolute Gasteiger partial charge is 0.123 e. The van der Waals surface area contributed by atoms with Gasteiger partial charge in [0.1, 0.15) is 5.75 Å². The van der Waals surface area contributed by atoms with E-state index in [1.807, 2.05) is 0 Å². The van der Waals surface area contributed by atoms with E-state index in [1.54, 1.807) is 7.11 Å². The number of likely N-dealkylation sites (tertiary alicyclic amines) is 1. The third kappa shape index (κ3) is 3.03. The summed E-state index contributed by atoms with van der Waals surface area (Å²) >= 11 is 0. The van der Waals surface area contributed by atoms with Crippen LogP contribution in [0.1, 0.15) is 30.5 Å². The van der Waals surface area contributed by atoms with Crippen molar-refractivity contribution in [3.63, 3.8) is 0 Å². The molecule has 100 valence electrons. The molecule has 1 aromatic rings. The van der Waals surface area contributed by atoms with Crippen molar-refractivity contribution in [3.8, 4) is 5.75 Å². The van der Waals surface area contributed by atoms with Gasteiger partial charge < -0.3 is 15.0 Å². The van der Waals surface area contributed by atoms with E-state index in [9.17, 15) is 0 Å². The normalized spacial score (nSPS) is 22.1. The van der Waals surface area contributed by atoms with Gasteiger partial charge in [-0.1, -0.05) is 12.1 Å². The zero-order chi connectivity index (χ0) is 13.1. The van der Waals surface area contributed by atoms with Crippen LogP contribution in [0.5, 0.6) is 5.75 Å². The molecule has 1 fully saturated rings. The van der Waals surface area contributed by atoms with E-state index in [0.717, 1.165) is 12.3 Å². The number of hydrogen-bond acceptors (Lipinski definition) is 3. The predicted octanol–water partition coefficient (Wildman–Crippen LogP) is 2.36. The monoisotopic (exact) mass is 248 g/mol. The van der Waals surface area contributed by atoms with Crippen molar-refractivity contribution in [2.45, 2.75) is 32.4 Å². The zero-order valence-electron chi connectivity index (χ0n) is 11.9. The van der Waals surface area contributed by atoms with Crippen molar-refractivity contribution in [1.82, 2.24) is 10.2 Å². The highest BCUT2D eigenvalue weighted by atomic mass is 16.5. The highest BCUT2D eigenvalue weighted by molar-refractivity contribution is 5.39. The number of nitrogens with one attached hydrogen (secondary N) is 1. The minimum Gasteiger partial charge on any atom is -0.496 e. The van der Waals surface area contributed by atoms with E-state index in [0.29, 0.717) is 12.1 Å². The van der Waals surface area contributed by atoms with Crippen LogP contribution < -0.4 is 10.1 Å². The van der Waals surface area contributed by atoms with E-state index in [4.69, 9.17) is 4.74 Å². The van der Waals surface area contributed by atoms with E-state index in [2.05, 4.69) is 49.3 Å². The van der Waals surface area contributed by atoms with Gasteiger partial charge in [0.05, 0.1) is 7.11 Å². The standard InChI is InChI=1S/C15H24N2O/c1-11-5-6-14(15(9-11)18-4)12(2)16-13-7-8-17(3)10-13/h5-6,9,12-13,16H,7-8,10H2,1-4H3. The van der Waals surface area contributed by atoms with Gasteiger partial charge in [0.2, 0.25) is 0 Å². The van der Waals surface area contributed by atoms with E-state index in [-0.39, 0.29) is 0 Å². The Bertz CT molecular complexity index is 405. The van der Waals surface area contributed by atoms with Crippen molar-refractivity contribution in [1.29, 1.82) is 0 Å². The molecule has 1 saturated heterocycles. The number of rotatable bonds is 4. The van der Waals surface area contributed by atoms with Crippen LogP contribution in [0.25, 0.3) is 0 Å². The second-order valence-corrected chi connectivity index (χ2v) is 5.38. The quantitative estimate of drug-likeness (QED) is 0.885. The molecule has 1 N–H and O–H groups in total. The van der Waals surface area contributed by atoms with E-state index < -0.39 is 0 Å². The van der Waals surface area contributed by atoms with Gasteiger partial charge >= 0.3 is 0 Å². The molecule has 2 rings (SSSR count). The van der Waals surface area contributed by atoms with Crippen LogP contribution in [0.2, 0.25) is 0 Å². The summed E-state index contributed by atoms with van der Waals surface area (Å²) in [4.78, 5) is 2.37. The molecule has 1 heterocycles. The lowest BCUT2D eigenvalue weighted by Crippen LogP contribution is -2.33. The van der Waals surface area contributed by atoms with E-state index in [1.165, 1.54) is 24.1 Å². The molecule has 3 heteroatoms. The molecule has 0 radical (unpaired) electrons. The SMILES string of the molecule is COc1cc(C)ccc1C(C)NC1CCN(C)C1. The minimum atomic E-state index is 0.331. The fourth-order valence-electron chi connectivity index (χ4n) is 2.69. The maximum atomic E-state index is 5.48. The van der Waals surface area contributed by atoms with Crippen LogP contribution in [0.3, 0.4) is 0 Å². The lowest BCUT2D eigenvalue weighted by atomic mass is 10.0. The van der Waals surface area contributed by atoms with Crippen molar-refractivity contribution in [2.75, 3.05) is 27.2 Å². The Labute approximate surface area is 110 Å². The summed E-state index contributed by atoms with van der Waals surface area (Å²) in [7, 11) is 3.92. The number of ether oxygens (including phenoxy) is 1. The largest absolute Gasteiger partial charge is 0.496 e. The Morgan fingerprint density at radius 3 is 2.83 bits per heavy atom. The topological polar surface area (TPSA) is 24.5 Å². The average Bonchev–Trinajstić information content (AvgIpc) is 2.74. The summed E-state index contributed by atoms with van der Waals surface area (Å²) in [6, 6.07) is 7.35. The first-order chi connectivity index (χ1) is 8.60. The summed E-state index contributed by atoms with van der Waals surface area (Å²) in [5.41, 5.74) is 2.49. The predicted molar refractivity (Wildman–Crippen MR) is 75.2 cm³/mol. The molecule has 1 aliphatic rings. The van der Waals surface area contributed by atoms with Gasteiger partial charge in [-0.25, -0.2) is 0 Å². The van der Waals surface area contributed by atoms with Crippen LogP contribution in [-0.4, -0.2) is 38.2 Å². The number of aryl methyl sites for hydroxylation is 1. The molecule has 0 amide bonds. The second-order valence-electron chi connectivity index (χ2n) is 5.38. The number of benzene rings is 1. The Morgan fingerprint density at radius 1 is 1.44 bits per heavy atom. The number of hydrogen-bond donors (Lipinski definition) is 1. The van der Waals surface area contributed by atoms with E-state index >= 15 is 0 Å². The molecular weight excluding hydrogens is 224 g/mol. The van der Waals surface area contributed by atoms with Gasteiger partial charge in [0, 0.05) is 24.2 Å². The van der Waals surface area contributed by atoms with Crippen LogP contribution >= 0.6 is 0 Å². The summed E-state index contributed by atoms with van der Waals surface area (Å²) in [5, 5.41) is 3.70. The molecule has 2 unspecified atom stereocenters. The molecule has 1 aromatic carbocycles.